The highest BCUT2D eigenvalue weighted by Crippen LogP contribution is 1.99. The molecule has 0 aliphatic rings. The van der Waals surface area contributed by atoms with Crippen molar-refractivity contribution in [2.75, 3.05) is 5.32 Å². The monoisotopic (exact) mass is 326 g/mol. The molecule has 0 spiro atoms. The Hall–Kier alpha value is -1.83. The minimum Gasteiger partial charge on any atom is -1.00 e. The highest BCUT2D eigenvalue weighted by Gasteiger charge is 2.06. The molecule has 1 amide bonds. The van der Waals surface area contributed by atoms with Gasteiger partial charge < -0.3 is 17.0 Å². The molecule has 0 saturated heterocycles. The van der Waals surface area contributed by atoms with Gasteiger partial charge in [-0.1, -0.05) is 11.2 Å². The van der Waals surface area contributed by atoms with Crippen molar-refractivity contribution in [1.82, 2.24) is 20.6 Å². The molecule has 2 aromatic rings. The van der Waals surface area contributed by atoms with Gasteiger partial charge in [-0.2, -0.15) is 5.21 Å². The van der Waals surface area contributed by atoms with Crippen LogP contribution < -0.4 is 26.9 Å². The van der Waals surface area contributed by atoms with Gasteiger partial charge in [0, 0.05) is 25.0 Å². The summed E-state index contributed by atoms with van der Waals surface area (Å²) >= 11 is 0. The summed E-state index contributed by atoms with van der Waals surface area (Å²) < 4.78 is 2.09. The summed E-state index contributed by atoms with van der Waals surface area (Å²) in [5, 5.41) is 15.5. The number of amides is 1. The number of H-pyrrole nitrogens is 1. The molecule has 7 nitrogen and oxygen atoms in total. The molecular formula is C11H15BrN6O. The predicted octanol–water partition coefficient (Wildman–Crippen LogP) is -2.70. The fourth-order valence-electron chi connectivity index (χ4n) is 1.57. The van der Waals surface area contributed by atoms with Crippen molar-refractivity contribution in [1.29, 1.82) is 0 Å². The lowest BCUT2D eigenvalue weighted by atomic mass is 10.2. The zero-order valence-electron chi connectivity index (χ0n) is 10.3. The van der Waals surface area contributed by atoms with Gasteiger partial charge in [0.05, 0.1) is 0 Å². The predicted molar refractivity (Wildman–Crippen MR) is 63.3 cm³/mol. The van der Waals surface area contributed by atoms with E-state index in [0.717, 1.165) is 19.4 Å². The maximum atomic E-state index is 11.5. The highest BCUT2D eigenvalue weighted by molar-refractivity contribution is 5.88. The maximum absolute atomic E-state index is 11.5. The van der Waals surface area contributed by atoms with E-state index in [1.165, 1.54) is 0 Å². The van der Waals surface area contributed by atoms with Gasteiger partial charge in [0.15, 0.2) is 12.4 Å². The summed E-state index contributed by atoms with van der Waals surface area (Å²) in [6, 6.07) is 5.96. The van der Waals surface area contributed by atoms with Gasteiger partial charge in [0.25, 0.3) is 5.95 Å². The number of tetrazole rings is 1. The molecule has 2 N–H and O–H groups in total. The Labute approximate surface area is 121 Å². The number of nitrogens with zero attached hydrogens (tertiary/aromatic N) is 4. The molecule has 102 valence electrons. The molecule has 2 heterocycles. The van der Waals surface area contributed by atoms with Crippen molar-refractivity contribution in [3.05, 3.63) is 30.6 Å². The molecule has 0 radical (unpaired) electrons. The van der Waals surface area contributed by atoms with Crippen LogP contribution in [0.5, 0.6) is 0 Å². The van der Waals surface area contributed by atoms with Crippen molar-refractivity contribution in [3.8, 4) is 0 Å². The topological polar surface area (TPSA) is 87.4 Å². The van der Waals surface area contributed by atoms with Crippen LogP contribution in [0, 0.1) is 0 Å². The van der Waals surface area contributed by atoms with E-state index in [4.69, 9.17) is 0 Å². The number of nitrogens with one attached hydrogen (secondary N) is 2. The average molecular weight is 327 g/mol. The van der Waals surface area contributed by atoms with Crippen LogP contribution >= 0.6 is 0 Å². The lowest BCUT2D eigenvalue weighted by Gasteiger charge is -1.99. The Balaban J connectivity index is 0.00000180. The molecule has 0 aromatic carbocycles. The van der Waals surface area contributed by atoms with Gasteiger partial charge in [-0.25, -0.2) is 4.57 Å². The molecule has 0 aliphatic carbocycles. The number of anilines is 1. The first-order valence-electron chi connectivity index (χ1n) is 5.82. The molecule has 0 aliphatic heterocycles. The van der Waals surface area contributed by atoms with Crippen LogP contribution in [0.4, 0.5) is 5.95 Å². The van der Waals surface area contributed by atoms with E-state index in [1.54, 1.807) is 0 Å². The van der Waals surface area contributed by atoms with Crippen LogP contribution in [0.1, 0.15) is 19.3 Å². The third kappa shape index (κ3) is 5.56. The summed E-state index contributed by atoms with van der Waals surface area (Å²) in [6.45, 7) is 0.913. The van der Waals surface area contributed by atoms with Crippen molar-refractivity contribution < 1.29 is 26.3 Å². The van der Waals surface area contributed by atoms with Gasteiger partial charge in [0.2, 0.25) is 5.91 Å². The quantitative estimate of drug-likeness (QED) is 0.447. The largest absolute Gasteiger partial charge is 1.00 e. The second-order valence-corrected chi connectivity index (χ2v) is 3.85. The van der Waals surface area contributed by atoms with Crippen LogP contribution in [0.3, 0.4) is 0 Å². The Morgan fingerprint density at radius 2 is 2.05 bits per heavy atom. The van der Waals surface area contributed by atoms with Crippen LogP contribution in [-0.4, -0.2) is 26.5 Å². The Bertz CT molecular complexity index is 475. The van der Waals surface area contributed by atoms with E-state index in [1.807, 2.05) is 30.6 Å². The smallest absolute Gasteiger partial charge is 0.269 e. The zero-order chi connectivity index (χ0) is 12.6. The fourth-order valence-corrected chi connectivity index (χ4v) is 1.57. The molecule has 19 heavy (non-hydrogen) atoms. The summed E-state index contributed by atoms with van der Waals surface area (Å²) in [6.07, 6.45) is 6.26. The summed E-state index contributed by atoms with van der Waals surface area (Å²) in [5.41, 5.74) is 0. The number of hydrogen-bond donors (Lipinski definition) is 2. The minimum atomic E-state index is -0.0885. The van der Waals surface area contributed by atoms with Crippen molar-refractivity contribution in [3.63, 3.8) is 0 Å². The summed E-state index contributed by atoms with van der Waals surface area (Å²) in [4.78, 5) is 11.5. The number of pyridine rings is 1. The normalized spacial score (nSPS) is 9.68. The Kier molecular flexibility index (Phi) is 6.65. The van der Waals surface area contributed by atoms with Gasteiger partial charge in [-0.05, 0) is 11.6 Å². The van der Waals surface area contributed by atoms with Crippen LogP contribution in [0.15, 0.2) is 30.6 Å². The number of carbonyl (C=O) groups excluding carboxylic acids is 1. The van der Waals surface area contributed by atoms with Gasteiger partial charge >= 0.3 is 0 Å². The van der Waals surface area contributed by atoms with E-state index in [0.29, 0.717) is 6.42 Å². The molecule has 8 heteroatoms. The van der Waals surface area contributed by atoms with Crippen molar-refractivity contribution in [2.24, 2.45) is 0 Å². The number of halogens is 1. The third-order valence-corrected chi connectivity index (χ3v) is 2.44. The number of carbonyl (C=O) groups is 1. The van der Waals surface area contributed by atoms with Gasteiger partial charge in [-0.3, -0.25) is 10.1 Å². The van der Waals surface area contributed by atoms with Crippen LogP contribution in [0.25, 0.3) is 0 Å². The molecule has 0 fully saturated rings. The second kappa shape index (κ2) is 8.30. The standard InChI is InChI=1S/C11H14N6O.BrH/c18-10(12-11-13-15-16-14-11)6-2-5-9-17-7-3-1-4-8-17;/h1,3-4,7-8H,2,5-6,9H2,(H-,12,13,14,15,16,18);1H. The first kappa shape index (κ1) is 15.2. The molecule has 2 rings (SSSR count). The zero-order valence-corrected chi connectivity index (χ0v) is 11.9. The number of aryl methyl sites for hydroxylation is 1. The number of rotatable bonds is 6. The Morgan fingerprint density at radius 1 is 1.26 bits per heavy atom. The van der Waals surface area contributed by atoms with E-state index < -0.39 is 0 Å². The molecule has 2 aromatic heterocycles. The van der Waals surface area contributed by atoms with E-state index in [9.17, 15) is 4.79 Å². The van der Waals surface area contributed by atoms with Crippen LogP contribution in [0.2, 0.25) is 0 Å². The fraction of sp³-hybridized carbons (Fsp3) is 0.364. The summed E-state index contributed by atoms with van der Waals surface area (Å²) in [7, 11) is 0. The van der Waals surface area contributed by atoms with Gasteiger partial charge in [0.1, 0.15) is 6.54 Å². The Morgan fingerprint density at radius 3 is 2.74 bits per heavy atom. The van der Waals surface area contributed by atoms with E-state index in [2.05, 4.69) is 30.5 Å². The molecule has 0 saturated carbocycles. The average Bonchev–Trinajstić information content (AvgIpc) is 2.89. The third-order valence-electron chi connectivity index (χ3n) is 2.44. The molecule has 0 bridgehead atoms. The molecule has 0 atom stereocenters. The number of hydrogen-bond acceptors (Lipinski definition) is 4. The lowest BCUT2D eigenvalue weighted by molar-refractivity contribution is -0.697. The number of aromatic nitrogens is 5. The maximum Gasteiger partial charge on any atom is 0.269 e. The van der Waals surface area contributed by atoms with E-state index in [-0.39, 0.29) is 28.8 Å². The second-order valence-electron chi connectivity index (χ2n) is 3.85. The molecule has 0 unspecified atom stereocenters. The number of aromatic amines is 1. The van der Waals surface area contributed by atoms with Crippen LogP contribution in [-0.2, 0) is 11.3 Å². The minimum absolute atomic E-state index is 0. The SMILES string of the molecule is O=C(CCCC[n+]1ccccc1)Nc1nn[nH]n1.[Br-]. The van der Waals surface area contributed by atoms with Gasteiger partial charge in [-0.15, -0.1) is 5.10 Å². The summed E-state index contributed by atoms with van der Waals surface area (Å²) in [5.74, 6) is 0.131. The lowest BCUT2D eigenvalue weighted by Crippen LogP contribution is -3.00. The van der Waals surface area contributed by atoms with Crippen molar-refractivity contribution in [2.45, 2.75) is 25.8 Å². The van der Waals surface area contributed by atoms with E-state index >= 15 is 0 Å². The number of unbranched alkanes of at least 4 members (excludes halogenated alkanes) is 1. The first-order chi connectivity index (χ1) is 8.84. The first-order valence-corrected chi connectivity index (χ1v) is 5.82. The van der Waals surface area contributed by atoms with Crippen molar-refractivity contribution >= 4 is 11.9 Å². The molecular weight excluding hydrogens is 312 g/mol. The highest BCUT2D eigenvalue weighted by atomic mass is 79.9.